The van der Waals surface area contributed by atoms with E-state index in [-0.39, 0.29) is 4.90 Å². The molecule has 1 aliphatic carbocycles. The number of benzene rings is 1. The minimum absolute atomic E-state index is 0.124. The molecule has 1 aromatic carbocycles. The van der Waals surface area contributed by atoms with Gasteiger partial charge in [-0.3, -0.25) is 4.99 Å². The van der Waals surface area contributed by atoms with Crippen LogP contribution in [0.3, 0.4) is 0 Å². The summed E-state index contributed by atoms with van der Waals surface area (Å²) >= 11 is 1.75. The topological polar surface area (TPSA) is 84.5 Å². The normalized spacial score (nSPS) is 25.9. The van der Waals surface area contributed by atoms with Crippen molar-refractivity contribution >= 4 is 32.6 Å². The number of amidine groups is 1. The van der Waals surface area contributed by atoms with Gasteiger partial charge in [-0.2, -0.15) is 0 Å². The molecular weight excluding hydrogens is 306 g/mol. The lowest BCUT2D eigenvalue weighted by molar-refractivity contribution is 0.336. The lowest BCUT2D eigenvalue weighted by Gasteiger charge is -2.32. The highest BCUT2D eigenvalue weighted by atomic mass is 32.2. The van der Waals surface area contributed by atoms with E-state index >= 15 is 0 Å². The highest BCUT2D eigenvalue weighted by Gasteiger charge is 2.29. The van der Waals surface area contributed by atoms with E-state index in [0.717, 1.165) is 22.5 Å². The number of nitrogens with one attached hydrogen (secondary N) is 1. The average Bonchev–Trinajstić information content (AvgIpc) is 2.47. The number of rotatable bonds is 2. The van der Waals surface area contributed by atoms with Gasteiger partial charge in [-0.25, -0.2) is 13.6 Å². The smallest absolute Gasteiger partial charge is 0.238 e. The second kappa shape index (κ2) is 5.98. The number of fused-ring (bicyclic) bond motifs is 1. The Labute approximate surface area is 129 Å². The van der Waals surface area contributed by atoms with Gasteiger partial charge in [0.15, 0.2) is 5.17 Å². The second-order valence-electron chi connectivity index (χ2n) is 5.55. The van der Waals surface area contributed by atoms with Gasteiger partial charge in [-0.05, 0) is 43.0 Å². The predicted molar refractivity (Wildman–Crippen MR) is 87.1 cm³/mol. The van der Waals surface area contributed by atoms with Crippen LogP contribution in [0.15, 0.2) is 34.2 Å². The van der Waals surface area contributed by atoms with Crippen molar-refractivity contribution < 1.29 is 8.42 Å². The van der Waals surface area contributed by atoms with Crippen LogP contribution in [0.25, 0.3) is 0 Å². The third-order valence-corrected chi connectivity index (χ3v) is 6.03. The highest BCUT2D eigenvalue weighted by Crippen LogP contribution is 2.34. The van der Waals surface area contributed by atoms with E-state index in [0.29, 0.717) is 6.04 Å². The van der Waals surface area contributed by atoms with Crippen LogP contribution in [0, 0.1) is 5.92 Å². The van der Waals surface area contributed by atoms with Crippen molar-refractivity contribution in [1.29, 1.82) is 0 Å². The van der Waals surface area contributed by atoms with Gasteiger partial charge < -0.3 is 5.32 Å². The van der Waals surface area contributed by atoms with Crippen molar-refractivity contribution in [2.45, 2.75) is 36.6 Å². The number of nitrogens with zero attached hydrogens (tertiary/aromatic N) is 1. The van der Waals surface area contributed by atoms with Gasteiger partial charge in [0.05, 0.1) is 10.9 Å². The Bertz CT molecular complexity index is 641. The number of hydrogen-bond donors (Lipinski definition) is 2. The first-order valence-electron chi connectivity index (χ1n) is 7.13. The van der Waals surface area contributed by atoms with Gasteiger partial charge in [0.1, 0.15) is 0 Å². The number of sulfonamides is 1. The molecule has 7 heteroatoms. The van der Waals surface area contributed by atoms with Gasteiger partial charge in [-0.1, -0.05) is 24.6 Å². The van der Waals surface area contributed by atoms with Gasteiger partial charge >= 0.3 is 0 Å². The fourth-order valence-corrected chi connectivity index (χ4v) is 4.52. The number of aliphatic imine (C=N–C) groups is 1. The molecule has 0 radical (unpaired) electrons. The monoisotopic (exact) mass is 325 g/mol. The maximum atomic E-state index is 11.2. The fourth-order valence-electron chi connectivity index (χ4n) is 2.85. The van der Waals surface area contributed by atoms with Crippen LogP contribution in [0.4, 0.5) is 5.69 Å². The maximum absolute atomic E-state index is 11.2. The highest BCUT2D eigenvalue weighted by molar-refractivity contribution is 8.14. The van der Waals surface area contributed by atoms with Crippen molar-refractivity contribution in [1.82, 2.24) is 0 Å². The van der Waals surface area contributed by atoms with Crippen LogP contribution in [0.5, 0.6) is 0 Å². The minimum Gasteiger partial charge on any atom is -0.335 e. The first-order valence-corrected chi connectivity index (χ1v) is 9.66. The standard InChI is InChI=1S/C14H19N3O2S2/c15-21(18,19)12-7-5-11(6-8-12)16-14-17-13-4-2-1-3-10(13)9-20-14/h5-8,10,13H,1-4,9H2,(H,16,17)(H2,15,18,19). The molecule has 114 valence electrons. The Hall–Kier alpha value is -1.05. The van der Waals surface area contributed by atoms with Crippen LogP contribution in [-0.2, 0) is 10.0 Å². The summed E-state index contributed by atoms with van der Waals surface area (Å²) in [5.74, 6) is 1.84. The van der Waals surface area contributed by atoms with E-state index in [1.165, 1.54) is 37.8 Å². The zero-order valence-corrected chi connectivity index (χ0v) is 13.3. The lowest BCUT2D eigenvalue weighted by atomic mass is 9.86. The summed E-state index contributed by atoms with van der Waals surface area (Å²) in [6.07, 6.45) is 5.07. The second-order valence-corrected chi connectivity index (χ2v) is 8.12. The Morgan fingerprint density at radius 1 is 1.19 bits per heavy atom. The van der Waals surface area contributed by atoms with Crippen LogP contribution in [0.2, 0.25) is 0 Å². The SMILES string of the molecule is NS(=O)(=O)c1ccc(NC2=NC3CCCCC3CS2)cc1. The fraction of sp³-hybridized carbons (Fsp3) is 0.500. The molecule has 5 nitrogen and oxygen atoms in total. The van der Waals surface area contributed by atoms with Crippen molar-refractivity contribution in [3.05, 3.63) is 24.3 Å². The molecule has 0 amide bonds. The molecule has 0 saturated heterocycles. The molecule has 3 N–H and O–H groups in total. The third kappa shape index (κ3) is 3.59. The van der Waals surface area contributed by atoms with Crippen LogP contribution in [-0.4, -0.2) is 25.4 Å². The largest absolute Gasteiger partial charge is 0.335 e. The Balaban J connectivity index is 1.70. The van der Waals surface area contributed by atoms with Crippen molar-refractivity contribution in [3.63, 3.8) is 0 Å². The molecule has 1 aromatic rings. The van der Waals surface area contributed by atoms with E-state index in [4.69, 9.17) is 10.1 Å². The Morgan fingerprint density at radius 3 is 2.62 bits per heavy atom. The van der Waals surface area contributed by atoms with Gasteiger partial charge in [0.2, 0.25) is 10.0 Å². The molecule has 0 spiro atoms. The molecule has 1 aliphatic heterocycles. The molecule has 1 saturated carbocycles. The van der Waals surface area contributed by atoms with E-state index in [1.54, 1.807) is 23.9 Å². The van der Waals surface area contributed by atoms with Crippen LogP contribution >= 0.6 is 11.8 Å². The van der Waals surface area contributed by atoms with Crippen LogP contribution in [0.1, 0.15) is 25.7 Å². The predicted octanol–water partition coefficient (Wildman–Crippen LogP) is 2.41. The summed E-state index contributed by atoms with van der Waals surface area (Å²) in [5, 5.41) is 9.29. The Morgan fingerprint density at radius 2 is 1.90 bits per heavy atom. The molecule has 1 fully saturated rings. The number of nitrogens with two attached hydrogens (primary N) is 1. The summed E-state index contributed by atoms with van der Waals surface area (Å²) in [4.78, 5) is 4.92. The first kappa shape index (κ1) is 14.9. The number of anilines is 1. The molecule has 0 bridgehead atoms. The van der Waals surface area contributed by atoms with Gasteiger partial charge in [0.25, 0.3) is 0 Å². The molecule has 2 aliphatic rings. The maximum Gasteiger partial charge on any atom is 0.238 e. The van der Waals surface area contributed by atoms with Crippen molar-refractivity contribution in [2.24, 2.45) is 16.0 Å². The minimum atomic E-state index is -3.63. The van der Waals surface area contributed by atoms with Crippen molar-refractivity contribution in [2.75, 3.05) is 11.1 Å². The summed E-state index contributed by atoms with van der Waals surface area (Å²) in [7, 11) is -3.63. The first-order chi connectivity index (χ1) is 10.0. The number of thioether (sulfide) groups is 1. The summed E-state index contributed by atoms with van der Waals surface area (Å²) in [6, 6.07) is 6.90. The zero-order valence-electron chi connectivity index (χ0n) is 11.7. The number of primary sulfonamides is 1. The number of hydrogen-bond acceptors (Lipinski definition) is 5. The van der Waals surface area contributed by atoms with Gasteiger partial charge in [-0.15, -0.1) is 0 Å². The lowest BCUT2D eigenvalue weighted by Crippen LogP contribution is -2.31. The summed E-state index contributed by atoms with van der Waals surface area (Å²) < 4.78 is 22.4. The molecule has 2 atom stereocenters. The molecule has 2 unspecified atom stereocenters. The third-order valence-electron chi connectivity index (χ3n) is 4.02. The summed E-state index contributed by atoms with van der Waals surface area (Å²) in [5.41, 5.74) is 0.836. The van der Waals surface area contributed by atoms with E-state index in [1.807, 2.05) is 0 Å². The van der Waals surface area contributed by atoms with E-state index in [2.05, 4.69) is 5.32 Å². The zero-order chi connectivity index (χ0) is 14.9. The Kier molecular flexibility index (Phi) is 4.24. The van der Waals surface area contributed by atoms with Crippen molar-refractivity contribution in [3.8, 4) is 0 Å². The molecule has 21 heavy (non-hydrogen) atoms. The molecular formula is C14H19N3O2S2. The average molecular weight is 325 g/mol. The van der Waals surface area contributed by atoms with Gasteiger partial charge in [0, 0.05) is 11.4 Å². The molecule has 1 heterocycles. The van der Waals surface area contributed by atoms with E-state index < -0.39 is 10.0 Å². The quantitative estimate of drug-likeness (QED) is 0.874. The van der Waals surface area contributed by atoms with Crippen LogP contribution < -0.4 is 10.5 Å². The molecule has 0 aromatic heterocycles. The summed E-state index contributed by atoms with van der Waals surface area (Å²) in [6.45, 7) is 0. The van der Waals surface area contributed by atoms with E-state index in [9.17, 15) is 8.42 Å². The molecule has 3 rings (SSSR count).